The molecule has 1 atom stereocenters. The van der Waals surface area contributed by atoms with Crippen molar-refractivity contribution in [1.29, 1.82) is 0 Å². The molecule has 1 saturated heterocycles. The second-order valence-electron chi connectivity index (χ2n) is 4.65. The Hall–Kier alpha value is -1.55. The van der Waals surface area contributed by atoms with Crippen molar-refractivity contribution in [3.63, 3.8) is 0 Å². The molecule has 2 rings (SSSR count). The van der Waals surface area contributed by atoms with Gasteiger partial charge in [-0.2, -0.15) is 0 Å². The van der Waals surface area contributed by atoms with Crippen molar-refractivity contribution in [3.05, 3.63) is 35.9 Å². The lowest BCUT2D eigenvalue weighted by atomic mass is 10.1. The molecule has 1 aromatic rings. The van der Waals surface area contributed by atoms with E-state index < -0.39 is 0 Å². The summed E-state index contributed by atoms with van der Waals surface area (Å²) in [6.07, 6.45) is 1.48. The molecule has 1 amide bonds. The third kappa shape index (κ3) is 3.47. The zero-order valence-corrected chi connectivity index (χ0v) is 10.4. The highest BCUT2D eigenvalue weighted by Gasteiger charge is 2.26. The first-order chi connectivity index (χ1) is 8.79. The van der Waals surface area contributed by atoms with Gasteiger partial charge in [0.05, 0.1) is 0 Å². The third-order valence-electron chi connectivity index (χ3n) is 3.29. The fourth-order valence-electron chi connectivity index (χ4n) is 2.23. The largest absolute Gasteiger partial charge is 0.445 e. The molecule has 1 heterocycles. The summed E-state index contributed by atoms with van der Waals surface area (Å²) in [6, 6.07) is 9.66. The van der Waals surface area contributed by atoms with E-state index in [1.54, 1.807) is 4.90 Å². The summed E-state index contributed by atoms with van der Waals surface area (Å²) in [7, 11) is 0. The number of aliphatic hydroxyl groups excluding tert-OH is 1. The molecule has 0 radical (unpaired) electrons. The number of carbonyl (C=O) groups excluding carboxylic acids is 1. The summed E-state index contributed by atoms with van der Waals surface area (Å²) in [5, 5.41) is 8.87. The van der Waals surface area contributed by atoms with Crippen molar-refractivity contribution < 1.29 is 14.6 Å². The van der Waals surface area contributed by atoms with Gasteiger partial charge in [0.1, 0.15) is 6.61 Å². The van der Waals surface area contributed by atoms with E-state index in [1.165, 1.54) is 0 Å². The molecular weight excluding hydrogens is 230 g/mol. The van der Waals surface area contributed by atoms with Crippen molar-refractivity contribution >= 4 is 6.09 Å². The number of hydrogen-bond donors (Lipinski definition) is 1. The molecule has 1 fully saturated rings. The summed E-state index contributed by atoms with van der Waals surface area (Å²) >= 11 is 0. The zero-order chi connectivity index (χ0) is 12.8. The first kappa shape index (κ1) is 12.9. The number of aliphatic hydroxyl groups is 1. The van der Waals surface area contributed by atoms with E-state index in [0.29, 0.717) is 19.1 Å². The number of rotatable bonds is 4. The van der Waals surface area contributed by atoms with Gasteiger partial charge >= 0.3 is 6.09 Å². The van der Waals surface area contributed by atoms with E-state index in [1.807, 2.05) is 30.3 Å². The Bertz CT molecular complexity index is 380. The van der Waals surface area contributed by atoms with Crippen LogP contribution in [0.25, 0.3) is 0 Å². The minimum atomic E-state index is -0.251. The summed E-state index contributed by atoms with van der Waals surface area (Å²) < 4.78 is 5.26. The van der Waals surface area contributed by atoms with Crippen LogP contribution in [-0.4, -0.2) is 35.8 Å². The Balaban J connectivity index is 1.76. The Kier molecular flexibility index (Phi) is 4.59. The SMILES string of the molecule is O=C(OCc1ccccc1)N1CCC(CCO)C1. The zero-order valence-electron chi connectivity index (χ0n) is 10.4. The lowest BCUT2D eigenvalue weighted by molar-refractivity contribution is 0.102. The lowest BCUT2D eigenvalue weighted by Gasteiger charge is -2.16. The number of benzene rings is 1. The molecule has 1 aliphatic rings. The third-order valence-corrected chi connectivity index (χ3v) is 3.29. The van der Waals surface area contributed by atoms with E-state index in [0.717, 1.165) is 24.9 Å². The topological polar surface area (TPSA) is 49.8 Å². The highest BCUT2D eigenvalue weighted by Crippen LogP contribution is 2.20. The van der Waals surface area contributed by atoms with Crippen LogP contribution in [0.4, 0.5) is 4.79 Å². The fourth-order valence-corrected chi connectivity index (χ4v) is 2.23. The molecule has 0 aromatic heterocycles. The molecule has 4 heteroatoms. The van der Waals surface area contributed by atoms with Crippen molar-refractivity contribution in [2.45, 2.75) is 19.4 Å². The second kappa shape index (κ2) is 6.40. The molecule has 1 N–H and O–H groups in total. The highest BCUT2D eigenvalue weighted by atomic mass is 16.6. The average molecular weight is 249 g/mol. The van der Waals surface area contributed by atoms with Gasteiger partial charge in [0, 0.05) is 19.7 Å². The Morgan fingerprint density at radius 1 is 1.39 bits per heavy atom. The monoisotopic (exact) mass is 249 g/mol. The Morgan fingerprint density at radius 3 is 2.89 bits per heavy atom. The first-order valence-electron chi connectivity index (χ1n) is 6.36. The molecular formula is C14H19NO3. The fraction of sp³-hybridized carbons (Fsp3) is 0.500. The number of ether oxygens (including phenoxy) is 1. The highest BCUT2D eigenvalue weighted by molar-refractivity contribution is 5.68. The molecule has 1 aromatic carbocycles. The van der Waals surface area contributed by atoms with Crippen molar-refractivity contribution in [3.8, 4) is 0 Å². The van der Waals surface area contributed by atoms with Crippen molar-refractivity contribution in [2.75, 3.05) is 19.7 Å². The second-order valence-corrected chi connectivity index (χ2v) is 4.65. The van der Waals surface area contributed by atoms with Crippen LogP contribution in [0.2, 0.25) is 0 Å². The van der Waals surface area contributed by atoms with Gasteiger partial charge in [-0.3, -0.25) is 0 Å². The minimum Gasteiger partial charge on any atom is -0.445 e. The normalized spacial score (nSPS) is 18.9. The van der Waals surface area contributed by atoms with Gasteiger partial charge in [-0.05, 0) is 24.3 Å². The van der Waals surface area contributed by atoms with Gasteiger partial charge in [0.25, 0.3) is 0 Å². The maximum Gasteiger partial charge on any atom is 0.410 e. The van der Waals surface area contributed by atoms with Crippen LogP contribution in [0.15, 0.2) is 30.3 Å². The van der Waals surface area contributed by atoms with Gasteiger partial charge < -0.3 is 14.7 Å². The first-order valence-corrected chi connectivity index (χ1v) is 6.36. The lowest BCUT2D eigenvalue weighted by Crippen LogP contribution is -2.29. The van der Waals surface area contributed by atoms with E-state index in [-0.39, 0.29) is 12.7 Å². The average Bonchev–Trinajstić information content (AvgIpc) is 2.86. The van der Waals surface area contributed by atoms with Crippen LogP contribution in [-0.2, 0) is 11.3 Å². The number of nitrogens with zero attached hydrogens (tertiary/aromatic N) is 1. The minimum absolute atomic E-state index is 0.192. The summed E-state index contributed by atoms with van der Waals surface area (Å²) in [6.45, 7) is 1.95. The van der Waals surface area contributed by atoms with Crippen LogP contribution >= 0.6 is 0 Å². The van der Waals surface area contributed by atoms with E-state index in [2.05, 4.69) is 0 Å². The number of likely N-dealkylation sites (tertiary alicyclic amines) is 1. The quantitative estimate of drug-likeness (QED) is 0.888. The standard InChI is InChI=1S/C14H19NO3/c16-9-7-12-6-8-15(10-12)14(17)18-11-13-4-2-1-3-5-13/h1-5,12,16H,6-11H2. The number of hydrogen-bond acceptors (Lipinski definition) is 3. The molecule has 0 bridgehead atoms. The van der Waals surface area contributed by atoms with Crippen LogP contribution in [0.5, 0.6) is 0 Å². The maximum atomic E-state index is 11.8. The predicted octanol–water partition coefficient (Wildman–Crippen LogP) is 2.03. The summed E-state index contributed by atoms with van der Waals surface area (Å²) in [5.41, 5.74) is 0.997. The predicted molar refractivity (Wildman–Crippen MR) is 68.0 cm³/mol. The number of amides is 1. The van der Waals surface area contributed by atoms with Crippen LogP contribution in [0, 0.1) is 5.92 Å². The van der Waals surface area contributed by atoms with Gasteiger partial charge in [-0.25, -0.2) is 4.79 Å². The molecule has 0 spiro atoms. The van der Waals surface area contributed by atoms with Gasteiger partial charge in [0.2, 0.25) is 0 Å². The Labute approximate surface area is 107 Å². The van der Waals surface area contributed by atoms with Gasteiger partial charge in [0.15, 0.2) is 0 Å². The molecule has 1 aliphatic heterocycles. The molecule has 0 aliphatic carbocycles. The molecule has 4 nitrogen and oxygen atoms in total. The van der Waals surface area contributed by atoms with E-state index >= 15 is 0 Å². The van der Waals surface area contributed by atoms with Gasteiger partial charge in [-0.15, -0.1) is 0 Å². The smallest absolute Gasteiger partial charge is 0.410 e. The van der Waals surface area contributed by atoms with Crippen molar-refractivity contribution in [1.82, 2.24) is 4.90 Å². The van der Waals surface area contributed by atoms with Crippen LogP contribution in [0.3, 0.4) is 0 Å². The maximum absolute atomic E-state index is 11.8. The molecule has 1 unspecified atom stereocenters. The molecule has 98 valence electrons. The van der Waals surface area contributed by atoms with Crippen LogP contribution < -0.4 is 0 Å². The summed E-state index contributed by atoms with van der Waals surface area (Å²) in [4.78, 5) is 13.5. The van der Waals surface area contributed by atoms with Crippen LogP contribution in [0.1, 0.15) is 18.4 Å². The molecule has 0 saturated carbocycles. The molecule has 18 heavy (non-hydrogen) atoms. The van der Waals surface area contributed by atoms with E-state index in [9.17, 15) is 4.79 Å². The summed E-state index contributed by atoms with van der Waals surface area (Å²) in [5.74, 6) is 0.416. The Morgan fingerprint density at radius 2 is 2.17 bits per heavy atom. The van der Waals surface area contributed by atoms with Gasteiger partial charge in [-0.1, -0.05) is 30.3 Å². The van der Waals surface area contributed by atoms with Crippen molar-refractivity contribution in [2.24, 2.45) is 5.92 Å². The number of carbonyl (C=O) groups is 1. The van der Waals surface area contributed by atoms with E-state index in [4.69, 9.17) is 9.84 Å².